The summed E-state index contributed by atoms with van der Waals surface area (Å²) in [4.78, 5) is 26.2. The molecule has 1 saturated heterocycles. The summed E-state index contributed by atoms with van der Waals surface area (Å²) in [5, 5.41) is 9.17. The van der Waals surface area contributed by atoms with Crippen LogP contribution >= 0.6 is 0 Å². The van der Waals surface area contributed by atoms with Gasteiger partial charge in [0.1, 0.15) is 11.6 Å². The highest BCUT2D eigenvalue weighted by Gasteiger charge is 2.54. The number of halogens is 2. The first-order valence-electron chi connectivity index (χ1n) is 7.60. The summed E-state index contributed by atoms with van der Waals surface area (Å²) >= 11 is 0. The van der Waals surface area contributed by atoms with Gasteiger partial charge in [-0.1, -0.05) is 17.4 Å². The predicted molar refractivity (Wildman–Crippen MR) is 83.3 cm³/mol. The first-order chi connectivity index (χ1) is 12.0. The topological polar surface area (TPSA) is 65.3 Å². The molecular weight excluding hydrogens is 330 g/mol. The van der Waals surface area contributed by atoms with Crippen molar-refractivity contribution in [2.24, 2.45) is 10.3 Å². The zero-order chi connectivity index (χ0) is 17.6. The minimum absolute atomic E-state index is 0.151. The van der Waals surface area contributed by atoms with Crippen LogP contribution in [0.2, 0.25) is 0 Å². The molecule has 0 aliphatic carbocycles. The van der Waals surface area contributed by atoms with Gasteiger partial charge in [0.15, 0.2) is 12.1 Å². The molecule has 2 aliphatic heterocycles. The number of hydrogen-bond donors (Lipinski definition) is 0. The zero-order valence-electron chi connectivity index (χ0n) is 12.8. The van der Waals surface area contributed by atoms with Crippen molar-refractivity contribution >= 4 is 17.5 Å². The van der Waals surface area contributed by atoms with Crippen molar-refractivity contribution in [1.29, 1.82) is 0 Å². The summed E-state index contributed by atoms with van der Waals surface area (Å²) < 4.78 is 26.4. The maximum absolute atomic E-state index is 13.3. The van der Waals surface area contributed by atoms with Crippen molar-refractivity contribution in [3.05, 3.63) is 65.7 Å². The summed E-state index contributed by atoms with van der Waals surface area (Å²) in [6, 6.07) is 9.17. The fraction of sp³-hybridized carbons (Fsp3) is 0.176. The Morgan fingerprint density at radius 2 is 1.72 bits per heavy atom. The normalized spacial score (nSPS) is 22.0. The Morgan fingerprint density at radius 1 is 0.960 bits per heavy atom. The minimum atomic E-state index is -0.939. The van der Waals surface area contributed by atoms with Crippen molar-refractivity contribution in [3.8, 4) is 0 Å². The Hall–Kier alpha value is -3.16. The smallest absolute Gasteiger partial charge is 0.263 e. The zero-order valence-corrected chi connectivity index (χ0v) is 12.8. The molecule has 0 saturated carbocycles. The first kappa shape index (κ1) is 15.4. The highest BCUT2D eigenvalue weighted by Crippen LogP contribution is 2.32. The molecule has 2 atom stereocenters. The third-order valence-electron chi connectivity index (χ3n) is 4.18. The largest absolute Gasteiger partial charge is 0.271 e. The van der Waals surface area contributed by atoms with E-state index in [2.05, 4.69) is 10.3 Å². The van der Waals surface area contributed by atoms with E-state index >= 15 is 0 Å². The Bertz CT molecular complexity index is 884. The van der Waals surface area contributed by atoms with E-state index in [9.17, 15) is 18.4 Å². The molecule has 2 aromatic carbocycles. The van der Waals surface area contributed by atoms with E-state index in [1.165, 1.54) is 41.4 Å². The maximum Gasteiger partial charge on any atom is 0.263 e. The number of imide groups is 1. The number of anilines is 1. The van der Waals surface area contributed by atoms with Crippen LogP contribution in [0, 0.1) is 11.6 Å². The summed E-state index contributed by atoms with van der Waals surface area (Å²) in [5.74, 6) is -1.85. The molecule has 2 aliphatic rings. The molecule has 0 aromatic heterocycles. The van der Waals surface area contributed by atoms with Gasteiger partial charge in [-0.25, -0.2) is 13.7 Å². The second kappa shape index (κ2) is 5.73. The van der Waals surface area contributed by atoms with E-state index in [4.69, 9.17) is 0 Å². The predicted octanol–water partition coefficient (Wildman–Crippen LogP) is 2.46. The Balaban J connectivity index is 1.60. The van der Waals surface area contributed by atoms with Gasteiger partial charge in [-0.2, -0.15) is 5.11 Å². The van der Waals surface area contributed by atoms with Gasteiger partial charge in [0.25, 0.3) is 11.8 Å². The van der Waals surface area contributed by atoms with Crippen LogP contribution in [0.5, 0.6) is 0 Å². The first-order valence-corrected chi connectivity index (χ1v) is 7.60. The van der Waals surface area contributed by atoms with E-state index in [0.717, 1.165) is 4.90 Å². The molecular formula is C17H12F2N4O2. The van der Waals surface area contributed by atoms with Crippen LogP contribution in [0.15, 0.2) is 58.9 Å². The molecule has 0 unspecified atom stereocenters. The van der Waals surface area contributed by atoms with Crippen LogP contribution in [0.1, 0.15) is 5.56 Å². The van der Waals surface area contributed by atoms with Crippen LogP contribution in [-0.4, -0.2) is 28.9 Å². The number of fused-ring (bicyclic) bond motifs is 1. The third-order valence-corrected chi connectivity index (χ3v) is 4.18. The number of amides is 2. The standard InChI is InChI=1S/C17H12F2N4O2/c18-11-4-6-13(7-5-11)23-16(24)14-15(17(23)25)22(21-20-14)9-10-2-1-3-12(19)8-10/h1-8,14-15H,9H2/t14-,15-/m0/s1. The van der Waals surface area contributed by atoms with Gasteiger partial charge in [0.2, 0.25) is 0 Å². The van der Waals surface area contributed by atoms with Gasteiger partial charge in [-0.15, -0.1) is 0 Å². The van der Waals surface area contributed by atoms with Gasteiger partial charge in [0, 0.05) is 0 Å². The second-order valence-corrected chi connectivity index (χ2v) is 5.81. The summed E-state index contributed by atoms with van der Waals surface area (Å²) in [5.41, 5.74) is 0.895. The van der Waals surface area contributed by atoms with Crippen molar-refractivity contribution in [2.45, 2.75) is 18.6 Å². The number of carbonyl (C=O) groups excluding carboxylic acids is 2. The monoisotopic (exact) mass is 342 g/mol. The van der Waals surface area contributed by atoms with E-state index in [1.807, 2.05) is 0 Å². The SMILES string of the molecule is O=C1[C@H]2N=NN(Cc3cccc(F)c3)[C@@H]2C(=O)N1c1ccc(F)cc1. The van der Waals surface area contributed by atoms with Gasteiger partial charge in [0.05, 0.1) is 12.2 Å². The highest BCUT2D eigenvalue weighted by atomic mass is 19.1. The van der Waals surface area contributed by atoms with Crippen LogP contribution < -0.4 is 4.90 Å². The van der Waals surface area contributed by atoms with E-state index in [-0.39, 0.29) is 12.2 Å². The molecule has 2 amide bonds. The lowest BCUT2D eigenvalue weighted by molar-refractivity contribution is -0.123. The molecule has 25 heavy (non-hydrogen) atoms. The number of nitrogens with zero attached hydrogens (tertiary/aromatic N) is 4. The number of carbonyl (C=O) groups is 2. The fourth-order valence-corrected chi connectivity index (χ4v) is 3.02. The average molecular weight is 342 g/mol. The quantitative estimate of drug-likeness (QED) is 0.805. The molecule has 0 bridgehead atoms. The van der Waals surface area contributed by atoms with Crippen LogP contribution in [-0.2, 0) is 16.1 Å². The van der Waals surface area contributed by atoms with Crippen molar-refractivity contribution < 1.29 is 18.4 Å². The molecule has 4 rings (SSSR count). The molecule has 6 nitrogen and oxygen atoms in total. The van der Waals surface area contributed by atoms with Gasteiger partial charge >= 0.3 is 0 Å². The molecule has 126 valence electrons. The molecule has 2 aromatic rings. The highest BCUT2D eigenvalue weighted by molar-refractivity contribution is 6.25. The van der Waals surface area contributed by atoms with E-state index in [0.29, 0.717) is 5.56 Å². The van der Waals surface area contributed by atoms with E-state index in [1.54, 1.807) is 12.1 Å². The molecule has 0 spiro atoms. The molecule has 0 radical (unpaired) electrons. The van der Waals surface area contributed by atoms with Gasteiger partial charge in [-0.05, 0) is 42.0 Å². The molecule has 2 heterocycles. The lowest BCUT2D eigenvalue weighted by Crippen LogP contribution is -2.39. The van der Waals surface area contributed by atoms with Crippen molar-refractivity contribution in [2.75, 3.05) is 4.90 Å². The van der Waals surface area contributed by atoms with Crippen LogP contribution in [0.25, 0.3) is 0 Å². The molecule has 0 N–H and O–H groups in total. The fourth-order valence-electron chi connectivity index (χ4n) is 3.02. The lowest BCUT2D eigenvalue weighted by atomic mass is 10.1. The Labute approximate surface area is 141 Å². The van der Waals surface area contributed by atoms with Crippen molar-refractivity contribution in [3.63, 3.8) is 0 Å². The van der Waals surface area contributed by atoms with Crippen LogP contribution in [0.4, 0.5) is 14.5 Å². The average Bonchev–Trinajstić information content (AvgIpc) is 3.10. The maximum atomic E-state index is 13.3. The third kappa shape index (κ3) is 2.55. The number of benzene rings is 2. The van der Waals surface area contributed by atoms with E-state index < -0.39 is 35.5 Å². The Kier molecular flexibility index (Phi) is 3.52. The number of hydrogen-bond acceptors (Lipinski definition) is 5. The lowest BCUT2D eigenvalue weighted by Gasteiger charge is -2.20. The van der Waals surface area contributed by atoms with Crippen molar-refractivity contribution in [1.82, 2.24) is 5.01 Å². The summed E-state index contributed by atoms with van der Waals surface area (Å²) in [6.07, 6.45) is 0. The molecule has 8 heteroatoms. The number of rotatable bonds is 3. The second-order valence-electron chi connectivity index (χ2n) is 5.81. The van der Waals surface area contributed by atoms with Gasteiger partial charge in [-0.3, -0.25) is 14.6 Å². The van der Waals surface area contributed by atoms with Crippen LogP contribution in [0.3, 0.4) is 0 Å². The summed E-state index contributed by atoms with van der Waals surface area (Å²) in [7, 11) is 0. The minimum Gasteiger partial charge on any atom is -0.271 e. The Morgan fingerprint density at radius 3 is 2.44 bits per heavy atom. The van der Waals surface area contributed by atoms with Gasteiger partial charge < -0.3 is 0 Å². The molecule has 1 fully saturated rings. The summed E-state index contributed by atoms with van der Waals surface area (Å²) in [6.45, 7) is 0.151.